The Bertz CT molecular complexity index is 690. The van der Waals surface area contributed by atoms with E-state index >= 15 is 0 Å². The first-order valence-electron chi connectivity index (χ1n) is 9.70. The predicted molar refractivity (Wildman–Crippen MR) is 105 cm³/mol. The highest BCUT2D eigenvalue weighted by Gasteiger charge is 2.23. The lowest BCUT2D eigenvalue weighted by molar-refractivity contribution is 0.312. The van der Waals surface area contributed by atoms with Gasteiger partial charge in [-0.15, -0.1) is 5.10 Å². The molecule has 0 atom stereocenters. The van der Waals surface area contributed by atoms with Gasteiger partial charge in [0.1, 0.15) is 0 Å². The van der Waals surface area contributed by atoms with Crippen LogP contribution >= 0.6 is 0 Å². The first-order valence-corrected chi connectivity index (χ1v) is 9.70. The van der Waals surface area contributed by atoms with E-state index in [-0.39, 0.29) is 0 Å². The van der Waals surface area contributed by atoms with Crippen LogP contribution < -0.4 is 9.80 Å². The van der Waals surface area contributed by atoms with E-state index < -0.39 is 0 Å². The third kappa shape index (κ3) is 4.12. The Balaban J connectivity index is 1.35. The van der Waals surface area contributed by atoms with E-state index in [4.69, 9.17) is 4.98 Å². The number of hydrogen-bond acceptors (Lipinski definition) is 6. The molecule has 0 amide bonds. The molecule has 3 heterocycles. The van der Waals surface area contributed by atoms with Crippen molar-refractivity contribution in [1.29, 1.82) is 0 Å². The van der Waals surface area contributed by atoms with Gasteiger partial charge >= 0.3 is 0 Å². The maximum absolute atomic E-state index is 4.81. The molecule has 0 unspecified atom stereocenters. The number of likely N-dealkylation sites (N-methyl/N-ethyl adjacent to an activating group) is 1. The molecule has 1 aromatic carbocycles. The molecule has 0 spiro atoms. The molecule has 138 valence electrons. The number of anilines is 2. The van der Waals surface area contributed by atoms with Gasteiger partial charge in [0.15, 0.2) is 5.82 Å². The van der Waals surface area contributed by atoms with E-state index in [1.807, 2.05) is 0 Å². The largest absolute Gasteiger partial charge is 0.353 e. The zero-order chi connectivity index (χ0) is 17.8. The Kier molecular flexibility index (Phi) is 5.29. The first-order chi connectivity index (χ1) is 12.8. The van der Waals surface area contributed by atoms with Gasteiger partial charge in [0.25, 0.3) is 0 Å². The zero-order valence-electron chi connectivity index (χ0n) is 15.6. The quantitative estimate of drug-likeness (QED) is 0.840. The minimum Gasteiger partial charge on any atom is -0.353 e. The molecule has 0 aliphatic carbocycles. The van der Waals surface area contributed by atoms with E-state index in [0.29, 0.717) is 0 Å². The van der Waals surface area contributed by atoms with Crippen molar-refractivity contribution in [3.63, 3.8) is 0 Å². The van der Waals surface area contributed by atoms with E-state index in [0.717, 1.165) is 57.0 Å². The third-order valence-electron chi connectivity index (χ3n) is 5.63. The standard InChI is InChI=1S/C20H28N6/c1-24-11-13-25(14-12-24)19-16-21-23-20(22-19)26-9-7-18(8-10-26)15-17-5-3-2-4-6-17/h2-6,16,18H,7-15H2,1H3. The van der Waals surface area contributed by atoms with Crippen molar-refractivity contribution >= 4 is 11.8 Å². The molecule has 6 heteroatoms. The molecule has 2 saturated heterocycles. The van der Waals surface area contributed by atoms with Gasteiger partial charge in [-0.3, -0.25) is 0 Å². The highest BCUT2D eigenvalue weighted by molar-refractivity contribution is 5.42. The monoisotopic (exact) mass is 352 g/mol. The van der Waals surface area contributed by atoms with Crippen LogP contribution in [-0.2, 0) is 6.42 Å². The maximum Gasteiger partial charge on any atom is 0.247 e. The number of benzene rings is 1. The maximum atomic E-state index is 4.81. The lowest BCUT2D eigenvalue weighted by Crippen LogP contribution is -2.45. The van der Waals surface area contributed by atoms with Gasteiger partial charge in [0.05, 0.1) is 6.20 Å². The van der Waals surface area contributed by atoms with Crippen LogP contribution in [0.3, 0.4) is 0 Å². The van der Waals surface area contributed by atoms with E-state index in [2.05, 4.69) is 62.3 Å². The summed E-state index contributed by atoms with van der Waals surface area (Å²) in [5.41, 5.74) is 1.45. The number of nitrogens with zero attached hydrogens (tertiary/aromatic N) is 6. The fourth-order valence-electron chi connectivity index (χ4n) is 3.89. The number of rotatable bonds is 4. The third-order valence-corrected chi connectivity index (χ3v) is 5.63. The van der Waals surface area contributed by atoms with Gasteiger partial charge < -0.3 is 14.7 Å². The summed E-state index contributed by atoms with van der Waals surface area (Å²) in [5, 5.41) is 8.54. The van der Waals surface area contributed by atoms with Crippen molar-refractivity contribution in [3.05, 3.63) is 42.1 Å². The summed E-state index contributed by atoms with van der Waals surface area (Å²) in [5.74, 6) is 2.51. The molecule has 0 saturated carbocycles. The van der Waals surface area contributed by atoms with Crippen molar-refractivity contribution in [1.82, 2.24) is 20.1 Å². The number of piperazine rings is 1. The topological polar surface area (TPSA) is 48.4 Å². The van der Waals surface area contributed by atoms with Crippen molar-refractivity contribution in [2.75, 3.05) is 56.1 Å². The van der Waals surface area contributed by atoms with Crippen LogP contribution in [0.25, 0.3) is 0 Å². The summed E-state index contributed by atoms with van der Waals surface area (Å²) in [6.45, 7) is 6.20. The molecule has 2 aromatic rings. The normalized spacial score (nSPS) is 19.7. The summed E-state index contributed by atoms with van der Waals surface area (Å²) in [6.07, 6.45) is 5.36. The SMILES string of the molecule is CN1CCN(c2cnnc(N3CCC(Cc4ccccc4)CC3)n2)CC1. The predicted octanol–water partition coefficient (Wildman–Crippen LogP) is 2.08. The van der Waals surface area contributed by atoms with Gasteiger partial charge in [0.2, 0.25) is 5.95 Å². The van der Waals surface area contributed by atoms with Gasteiger partial charge in [0, 0.05) is 39.3 Å². The minimum atomic E-state index is 0.752. The Morgan fingerprint density at radius 1 is 0.923 bits per heavy atom. The van der Waals surface area contributed by atoms with Crippen molar-refractivity contribution < 1.29 is 0 Å². The van der Waals surface area contributed by atoms with Crippen LogP contribution in [-0.4, -0.2) is 66.4 Å². The van der Waals surface area contributed by atoms with Gasteiger partial charge in [-0.1, -0.05) is 30.3 Å². The molecule has 0 bridgehead atoms. The fraction of sp³-hybridized carbons (Fsp3) is 0.550. The molecule has 2 aliphatic heterocycles. The minimum absolute atomic E-state index is 0.752. The van der Waals surface area contributed by atoms with E-state index in [1.54, 1.807) is 6.20 Å². The number of hydrogen-bond donors (Lipinski definition) is 0. The van der Waals surface area contributed by atoms with E-state index in [1.165, 1.54) is 24.8 Å². The second-order valence-electron chi connectivity index (χ2n) is 7.53. The highest BCUT2D eigenvalue weighted by atomic mass is 15.4. The Morgan fingerprint density at radius 3 is 2.38 bits per heavy atom. The lowest BCUT2D eigenvalue weighted by atomic mass is 9.90. The molecular weight excluding hydrogens is 324 g/mol. The molecule has 1 aromatic heterocycles. The second kappa shape index (κ2) is 7.99. The van der Waals surface area contributed by atoms with Crippen LogP contribution in [0.5, 0.6) is 0 Å². The Morgan fingerprint density at radius 2 is 1.65 bits per heavy atom. The summed E-state index contributed by atoms with van der Waals surface area (Å²) in [4.78, 5) is 11.8. The Labute approximate surface area is 155 Å². The first kappa shape index (κ1) is 17.2. The number of piperidine rings is 1. The summed E-state index contributed by atoms with van der Waals surface area (Å²) in [6, 6.07) is 10.8. The van der Waals surface area contributed by atoms with Crippen molar-refractivity contribution in [2.24, 2.45) is 5.92 Å². The Hall–Kier alpha value is -2.21. The summed E-state index contributed by atoms with van der Waals surface area (Å²) in [7, 11) is 2.17. The summed E-state index contributed by atoms with van der Waals surface area (Å²) >= 11 is 0. The molecule has 26 heavy (non-hydrogen) atoms. The van der Waals surface area contributed by atoms with Gasteiger partial charge in [-0.05, 0) is 37.8 Å². The molecular formula is C20H28N6. The average Bonchev–Trinajstić information content (AvgIpc) is 2.70. The van der Waals surface area contributed by atoms with Crippen LogP contribution in [0.15, 0.2) is 36.5 Å². The molecule has 2 fully saturated rings. The highest BCUT2D eigenvalue weighted by Crippen LogP contribution is 2.24. The van der Waals surface area contributed by atoms with Crippen LogP contribution in [0.4, 0.5) is 11.8 Å². The van der Waals surface area contributed by atoms with Crippen LogP contribution in [0.2, 0.25) is 0 Å². The van der Waals surface area contributed by atoms with Gasteiger partial charge in [-0.2, -0.15) is 10.1 Å². The van der Waals surface area contributed by atoms with E-state index in [9.17, 15) is 0 Å². The fourth-order valence-corrected chi connectivity index (χ4v) is 3.89. The average molecular weight is 352 g/mol. The van der Waals surface area contributed by atoms with Gasteiger partial charge in [-0.25, -0.2) is 0 Å². The molecule has 0 radical (unpaired) electrons. The smallest absolute Gasteiger partial charge is 0.247 e. The second-order valence-corrected chi connectivity index (χ2v) is 7.53. The lowest BCUT2D eigenvalue weighted by Gasteiger charge is -2.34. The van der Waals surface area contributed by atoms with Crippen molar-refractivity contribution in [2.45, 2.75) is 19.3 Å². The van der Waals surface area contributed by atoms with Crippen LogP contribution in [0.1, 0.15) is 18.4 Å². The number of aromatic nitrogens is 3. The van der Waals surface area contributed by atoms with Crippen LogP contribution in [0, 0.1) is 5.92 Å². The molecule has 0 N–H and O–H groups in total. The molecule has 6 nitrogen and oxygen atoms in total. The molecule has 4 rings (SSSR count). The zero-order valence-corrected chi connectivity index (χ0v) is 15.6. The molecule has 2 aliphatic rings. The summed E-state index contributed by atoms with van der Waals surface area (Å²) < 4.78 is 0. The van der Waals surface area contributed by atoms with Crippen molar-refractivity contribution in [3.8, 4) is 0 Å².